The maximum absolute atomic E-state index is 5.84. The Hall–Kier alpha value is -1.97. The Bertz CT molecular complexity index is 518. The fraction of sp³-hybridized carbons (Fsp3) is 0.250. The smallest absolute Gasteiger partial charge is 0.191 e. The number of nitrogens with zero attached hydrogens (tertiary/aromatic N) is 1. The molecule has 2 aromatic rings. The second-order valence-corrected chi connectivity index (χ2v) is 3.57. The molecule has 0 unspecified atom stereocenters. The first-order chi connectivity index (χ1) is 7.63. The lowest BCUT2D eigenvalue weighted by molar-refractivity contribution is 0.418. The van der Waals surface area contributed by atoms with E-state index in [2.05, 4.69) is 4.98 Å². The molecular formula is C12H14N2O2. The first-order valence-electron chi connectivity index (χ1n) is 5.00. The van der Waals surface area contributed by atoms with E-state index in [-0.39, 0.29) is 0 Å². The average molecular weight is 218 g/mol. The van der Waals surface area contributed by atoms with Crippen molar-refractivity contribution < 1.29 is 9.15 Å². The van der Waals surface area contributed by atoms with Crippen molar-refractivity contribution in [1.82, 2.24) is 4.98 Å². The highest BCUT2D eigenvalue weighted by atomic mass is 16.5. The number of ether oxygens (including phenoxy) is 1. The maximum Gasteiger partial charge on any atom is 0.191 e. The van der Waals surface area contributed by atoms with Crippen molar-refractivity contribution in [2.45, 2.75) is 13.8 Å². The van der Waals surface area contributed by atoms with Crippen molar-refractivity contribution >= 4 is 5.69 Å². The van der Waals surface area contributed by atoms with Crippen LogP contribution in [0.4, 0.5) is 5.69 Å². The van der Waals surface area contributed by atoms with Crippen LogP contribution in [0.2, 0.25) is 0 Å². The van der Waals surface area contributed by atoms with Crippen molar-refractivity contribution in [2.24, 2.45) is 0 Å². The number of hydrogen-bond acceptors (Lipinski definition) is 4. The fourth-order valence-electron chi connectivity index (χ4n) is 1.75. The van der Waals surface area contributed by atoms with Gasteiger partial charge >= 0.3 is 0 Å². The zero-order valence-corrected chi connectivity index (χ0v) is 9.57. The Balaban J connectivity index is 2.64. The third kappa shape index (κ3) is 1.62. The first kappa shape index (κ1) is 10.5. The Morgan fingerprint density at radius 3 is 2.62 bits per heavy atom. The number of rotatable bonds is 2. The molecule has 16 heavy (non-hydrogen) atoms. The van der Waals surface area contributed by atoms with Crippen LogP contribution in [0.15, 0.2) is 22.6 Å². The van der Waals surface area contributed by atoms with Crippen molar-refractivity contribution in [3.05, 3.63) is 29.9 Å². The number of benzene rings is 1. The standard InChI is InChI=1S/C12H14N2O2/c1-7-11(14-8(2)16-7)9-5-4-6-10(13)12(9)15-3/h4-6H,13H2,1-3H3. The summed E-state index contributed by atoms with van der Waals surface area (Å²) in [5.41, 5.74) is 8.08. The van der Waals surface area contributed by atoms with Crippen LogP contribution in [0.1, 0.15) is 11.7 Å². The van der Waals surface area contributed by atoms with Gasteiger partial charge in [0.2, 0.25) is 0 Å². The molecule has 0 saturated carbocycles. The van der Waals surface area contributed by atoms with Crippen molar-refractivity contribution in [2.75, 3.05) is 12.8 Å². The third-order valence-electron chi connectivity index (χ3n) is 2.41. The van der Waals surface area contributed by atoms with Gasteiger partial charge in [-0.25, -0.2) is 4.98 Å². The molecule has 0 aliphatic rings. The second kappa shape index (κ2) is 3.89. The predicted molar refractivity (Wildman–Crippen MR) is 62.4 cm³/mol. The third-order valence-corrected chi connectivity index (χ3v) is 2.41. The molecule has 1 aromatic carbocycles. The van der Waals surface area contributed by atoms with Gasteiger partial charge in [0.1, 0.15) is 11.5 Å². The lowest BCUT2D eigenvalue weighted by Crippen LogP contribution is -1.95. The topological polar surface area (TPSA) is 61.3 Å². The molecule has 0 saturated heterocycles. The van der Waals surface area contributed by atoms with Crippen LogP contribution in [0.25, 0.3) is 11.3 Å². The first-order valence-corrected chi connectivity index (χ1v) is 5.00. The molecule has 0 spiro atoms. The molecule has 0 fully saturated rings. The van der Waals surface area contributed by atoms with Crippen LogP contribution < -0.4 is 10.5 Å². The van der Waals surface area contributed by atoms with Crippen LogP contribution >= 0.6 is 0 Å². The summed E-state index contributed by atoms with van der Waals surface area (Å²) in [6, 6.07) is 5.58. The van der Waals surface area contributed by atoms with Crippen LogP contribution in [0.5, 0.6) is 5.75 Å². The lowest BCUT2D eigenvalue weighted by atomic mass is 10.1. The molecule has 4 heteroatoms. The molecule has 0 aliphatic heterocycles. The summed E-state index contributed by atoms with van der Waals surface area (Å²) in [5.74, 6) is 2.04. The van der Waals surface area contributed by atoms with E-state index in [4.69, 9.17) is 14.9 Å². The van der Waals surface area contributed by atoms with E-state index in [0.717, 1.165) is 17.0 Å². The molecule has 2 rings (SSSR count). The lowest BCUT2D eigenvalue weighted by Gasteiger charge is -2.08. The fourth-order valence-corrected chi connectivity index (χ4v) is 1.75. The summed E-state index contributed by atoms with van der Waals surface area (Å²) in [7, 11) is 1.59. The molecule has 0 radical (unpaired) electrons. The van der Waals surface area contributed by atoms with E-state index in [0.29, 0.717) is 17.3 Å². The monoisotopic (exact) mass is 218 g/mol. The van der Waals surface area contributed by atoms with Crippen molar-refractivity contribution in [1.29, 1.82) is 0 Å². The highest BCUT2D eigenvalue weighted by Gasteiger charge is 2.15. The van der Waals surface area contributed by atoms with E-state index in [1.165, 1.54) is 0 Å². The van der Waals surface area contributed by atoms with E-state index in [1.54, 1.807) is 13.2 Å². The number of para-hydroxylation sites is 1. The van der Waals surface area contributed by atoms with Gasteiger partial charge in [0.05, 0.1) is 12.8 Å². The molecule has 0 atom stereocenters. The minimum atomic E-state index is 0.597. The number of nitrogens with two attached hydrogens (primary N) is 1. The Morgan fingerprint density at radius 1 is 1.31 bits per heavy atom. The molecule has 0 aliphatic carbocycles. The Morgan fingerprint density at radius 2 is 2.06 bits per heavy atom. The van der Waals surface area contributed by atoms with Crippen molar-refractivity contribution in [3.63, 3.8) is 0 Å². The summed E-state index contributed by atoms with van der Waals surface area (Å²) in [6.07, 6.45) is 0. The quantitative estimate of drug-likeness (QED) is 0.787. The van der Waals surface area contributed by atoms with Crippen LogP contribution in [-0.4, -0.2) is 12.1 Å². The van der Waals surface area contributed by atoms with Gasteiger partial charge in [-0.1, -0.05) is 6.07 Å². The largest absolute Gasteiger partial charge is 0.494 e. The van der Waals surface area contributed by atoms with Crippen LogP contribution in [0, 0.1) is 13.8 Å². The van der Waals surface area contributed by atoms with E-state index >= 15 is 0 Å². The number of nitrogen functional groups attached to an aromatic ring is 1. The molecule has 2 N–H and O–H groups in total. The molecule has 0 bridgehead atoms. The summed E-state index contributed by atoms with van der Waals surface area (Å²) in [4.78, 5) is 4.33. The van der Waals surface area contributed by atoms with Gasteiger partial charge in [-0.2, -0.15) is 0 Å². The van der Waals surface area contributed by atoms with Crippen molar-refractivity contribution in [3.8, 4) is 17.0 Å². The number of anilines is 1. The molecular weight excluding hydrogens is 204 g/mol. The maximum atomic E-state index is 5.84. The number of hydrogen-bond donors (Lipinski definition) is 1. The van der Waals surface area contributed by atoms with E-state index < -0.39 is 0 Å². The number of aromatic nitrogens is 1. The normalized spacial score (nSPS) is 10.4. The summed E-state index contributed by atoms with van der Waals surface area (Å²) < 4.78 is 10.7. The van der Waals surface area contributed by atoms with E-state index in [1.807, 2.05) is 26.0 Å². The van der Waals surface area contributed by atoms with Gasteiger partial charge in [0.15, 0.2) is 11.6 Å². The highest BCUT2D eigenvalue weighted by Crippen LogP contribution is 2.35. The van der Waals surface area contributed by atoms with E-state index in [9.17, 15) is 0 Å². The summed E-state index contributed by atoms with van der Waals surface area (Å²) >= 11 is 0. The zero-order chi connectivity index (χ0) is 11.7. The van der Waals surface area contributed by atoms with Crippen LogP contribution in [0.3, 0.4) is 0 Å². The van der Waals surface area contributed by atoms with Gasteiger partial charge in [-0.05, 0) is 19.1 Å². The second-order valence-electron chi connectivity index (χ2n) is 3.57. The molecule has 0 amide bonds. The summed E-state index contributed by atoms with van der Waals surface area (Å²) in [6.45, 7) is 3.69. The van der Waals surface area contributed by atoms with Gasteiger partial charge < -0.3 is 14.9 Å². The Labute approximate surface area is 94.1 Å². The van der Waals surface area contributed by atoms with Gasteiger partial charge in [-0.3, -0.25) is 0 Å². The minimum absolute atomic E-state index is 0.597. The molecule has 4 nitrogen and oxygen atoms in total. The highest BCUT2D eigenvalue weighted by molar-refractivity contribution is 5.75. The molecule has 1 heterocycles. The molecule has 84 valence electrons. The Kier molecular flexibility index (Phi) is 2.56. The number of methoxy groups -OCH3 is 1. The zero-order valence-electron chi connectivity index (χ0n) is 9.57. The van der Waals surface area contributed by atoms with Gasteiger partial charge in [0.25, 0.3) is 0 Å². The SMILES string of the molecule is COc1c(N)cccc1-c1nc(C)oc1C. The van der Waals surface area contributed by atoms with Gasteiger partial charge in [0, 0.05) is 12.5 Å². The van der Waals surface area contributed by atoms with Gasteiger partial charge in [-0.15, -0.1) is 0 Å². The summed E-state index contributed by atoms with van der Waals surface area (Å²) in [5, 5.41) is 0. The predicted octanol–water partition coefficient (Wildman–Crippen LogP) is 2.55. The number of aryl methyl sites for hydroxylation is 2. The van der Waals surface area contributed by atoms with Crippen LogP contribution in [-0.2, 0) is 0 Å². The molecule has 1 aromatic heterocycles. The number of oxazole rings is 1. The minimum Gasteiger partial charge on any atom is -0.494 e. The average Bonchev–Trinajstić information content (AvgIpc) is 2.57.